The van der Waals surface area contributed by atoms with Gasteiger partial charge in [0.2, 0.25) is 5.91 Å². The van der Waals surface area contributed by atoms with E-state index in [0.29, 0.717) is 10.6 Å². The molecule has 0 aliphatic carbocycles. The molecule has 2 aromatic rings. The summed E-state index contributed by atoms with van der Waals surface area (Å²) >= 11 is 6.02. The lowest BCUT2D eigenvalue weighted by Gasteiger charge is -2.24. The Morgan fingerprint density at radius 2 is 1.91 bits per heavy atom. The predicted molar refractivity (Wildman–Crippen MR) is 87.4 cm³/mol. The van der Waals surface area contributed by atoms with Crippen LogP contribution in [0.2, 0.25) is 5.02 Å². The minimum atomic E-state index is -0.420. The van der Waals surface area contributed by atoms with Crippen molar-refractivity contribution in [1.82, 2.24) is 4.90 Å². The van der Waals surface area contributed by atoms with Crippen molar-refractivity contribution in [2.75, 3.05) is 12.4 Å². The van der Waals surface area contributed by atoms with Gasteiger partial charge in [0.05, 0.1) is 6.04 Å². The van der Waals surface area contributed by atoms with Crippen molar-refractivity contribution in [3.05, 3.63) is 64.9 Å². The zero-order valence-electron chi connectivity index (χ0n) is 12.5. The first-order valence-corrected chi connectivity index (χ1v) is 7.36. The highest BCUT2D eigenvalue weighted by Gasteiger charge is 2.20. The first-order valence-electron chi connectivity index (χ1n) is 6.98. The van der Waals surface area contributed by atoms with Crippen LogP contribution in [0.25, 0.3) is 0 Å². The third kappa shape index (κ3) is 4.06. The molecular weight excluding hydrogens is 303 g/mol. The molecular formula is C17H18ClFN2O. The molecule has 0 radical (unpaired) electrons. The Morgan fingerprint density at radius 3 is 2.55 bits per heavy atom. The lowest BCUT2D eigenvalue weighted by molar-refractivity contribution is -0.120. The maximum absolute atomic E-state index is 13.8. The molecule has 1 N–H and O–H groups in total. The van der Waals surface area contributed by atoms with E-state index >= 15 is 0 Å². The zero-order chi connectivity index (χ0) is 16.1. The summed E-state index contributed by atoms with van der Waals surface area (Å²) in [5.41, 5.74) is 1.13. The van der Waals surface area contributed by atoms with Crippen LogP contribution in [0.15, 0.2) is 48.5 Å². The molecule has 5 heteroatoms. The van der Waals surface area contributed by atoms with E-state index in [2.05, 4.69) is 5.32 Å². The van der Waals surface area contributed by atoms with E-state index in [-0.39, 0.29) is 18.3 Å². The van der Waals surface area contributed by atoms with Gasteiger partial charge in [-0.15, -0.1) is 0 Å². The number of nitrogens with zero attached hydrogens (tertiary/aromatic N) is 1. The van der Waals surface area contributed by atoms with Gasteiger partial charge in [-0.25, -0.2) is 4.39 Å². The largest absolute Gasteiger partial charge is 0.325 e. The SMILES string of the molecule is CC(C(=O)Nc1ccccc1)N(C)Cc1c(F)cccc1Cl. The fourth-order valence-electron chi connectivity index (χ4n) is 2.04. The van der Waals surface area contributed by atoms with Crippen LogP contribution in [-0.2, 0) is 11.3 Å². The molecule has 22 heavy (non-hydrogen) atoms. The van der Waals surface area contributed by atoms with Crippen LogP contribution in [0.4, 0.5) is 10.1 Å². The highest BCUT2D eigenvalue weighted by Crippen LogP contribution is 2.21. The molecule has 1 unspecified atom stereocenters. The molecule has 0 saturated carbocycles. The summed E-state index contributed by atoms with van der Waals surface area (Å²) in [6.07, 6.45) is 0. The zero-order valence-corrected chi connectivity index (χ0v) is 13.3. The lowest BCUT2D eigenvalue weighted by Crippen LogP contribution is -2.39. The van der Waals surface area contributed by atoms with Crippen molar-refractivity contribution in [2.24, 2.45) is 0 Å². The smallest absolute Gasteiger partial charge is 0.241 e. The van der Waals surface area contributed by atoms with Crippen LogP contribution in [0, 0.1) is 5.82 Å². The summed E-state index contributed by atoms with van der Waals surface area (Å²) in [6, 6.07) is 13.4. The average molecular weight is 321 g/mol. The van der Waals surface area contributed by atoms with E-state index in [4.69, 9.17) is 11.6 Å². The van der Waals surface area contributed by atoms with Gasteiger partial charge < -0.3 is 5.32 Å². The topological polar surface area (TPSA) is 32.3 Å². The van der Waals surface area contributed by atoms with Gasteiger partial charge in [-0.2, -0.15) is 0 Å². The van der Waals surface area contributed by atoms with E-state index in [0.717, 1.165) is 5.69 Å². The Kier molecular flexibility index (Phi) is 5.52. The first kappa shape index (κ1) is 16.5. The highest BCUT2D eigenvalue weighted by molar-refractivity contribution is 6.31. The Morgan fingerprint density at radius 1 is 1.23 bits per heavy atom. The Hall–Kier alpha value is -1.91. The number of likely N-dealkylation sites (N-methyl/N-ethyl adjacent to an activating group) is 1. The summed E-state index contributed by atoms with van der Waals surface area (Å²) in [4.78, 5) is 14.0. The van der Waals surface area contributed by atoms with Gasteiger partial charge >= 0.3 is 0 Å². The molecule has 0 heterocycles. The molecule has 3 nitrogen and oxygen atoms in total. The Labute approximate surface area is 134 Å². The third-order valence-electron chi connectivity index (χ3n) is 3.55. The van der Waals surface area contributed by atoms with Crippen LogP contribution in [0.5, 0.6) is 0 Å². The molecule has 1 atom stereocenters. The maximum Gasteiger partial charge on any atom is 0.241 e. The van der Waals surface area contributed by atoms with Crippen LogP contribution >= 0.6 is 11.6 Å². The van der Waals surface area contributed by atoms with Crippen molar-refractivity contribution < 1.29 is 9.18 Å². The van der Waals surface area contributed by atoms with Crippen molar-refractivity contribution in [2.45, 2.75) is 19.5 Å². The highest BCUT2D eigenvalue weighted by atomic mass is 35.5. The number of hydrogen-bond acceptors (Lipinski definition) is 2. The van der Waals surface area contributed by atoms with Crippen LogP contribution < -0.4 is 5.32 Å². The van der Waals surface area contributed by atoms with Gasteiger partial charge in [0, 0.05) is 22.8 Å². The van der Waals surface area contributed by atoms with Gasteiger partial charge in [0.1, 0.15) is 5.82 Å². The fourth-order valence-corrected chi connectivity index (χ4v) is 2.26. The number of carbonyl (C=O) groups excluding carboxylic acids is 1. The number of anilines is 1. The third-order valence-corrected chi connectivity index (χ3v) is 3.91. The fraction of sp³-hybridized carbons (Fsp3) is 0.235. The molecule has 116 valence electrons. The summed E-state index contributed by atoms with van der Waals surface area (Å²) < 4.78 is 13.8. The van der Waals surface area contributed by atoms with Crippen molar-refractivity contribution in [1.29, 1.82) is 0 Å². The Bertz CT molecular complexity index is 628. The number of carbonyl (C=O) groups is 1. The van der Waals surface area contributed by atoms with Gasteiger partial charge in [0.25, 0.3) is 0 Å². The molecule has 2 rings (SSSR count). The van der Waals surface area contributed by atoms with Crippen LogP contribution in [0.1, 0.15) is 12.5 Å². The minimum Gasteiger partial charge on any atom is -0.325 e. The summed E-state index contributed by atoms with van der Waals surface area (Å²) in [7, 11) is 1.76. The monoisotopic (exact) mass is 320 g/mol. The lowest BCUT2D eigenvalue weighted by atomic mass is 10.1. The molecule has 0 spiro atoms. The normalized spacial score (nSPS) is 12.2. The quantitative estimate of drug-likeness (QED) is 0.905. The number of halogens is 2. The second-order valence-electron chi connectivity index (χ2n) is 5.15. The standard InChI is InChI=1S/C17H18ClFN2O/c1-12(17(22)20-13-7-4-3-5-8-13)21(2)11-14-15(18)9-6-10-16(14)19/h3-10,12H,11H2,1-2H3,(H,20,22). The molecule has 2 aromatic carbocycles. The second kappa shape index (κ2) is 7.38. The minimum absolute atomic E-state index is 0.152. The number of rotatable bonds is 5. The van der Waals surface area contributed by atoms with E-state index in [1.807, 2.05) is 30.3 Å². The molecule has 0 aromatic heterocycles. The predicted octanol–water partition coefficient (Wildman–Crippen LogP) is 3.94. The van der Waals surface area contributed by atoms with E-state index in [9.17, 15) is 9.18 Å². The van der Waals surface area contributed by atoms with Crippen molar-refractivity contribution >= 4 is 23.2 Å². The number of amides is 1. The molecule has 1 amide bonds. The summed E-state index contributed by atoms with van der Waals surface area (Å²) in [5, 5.41) is 3.19. The maximum atomic E-state index is 13.8. The van der Waals surface area contributed by atoms with E-state index in [1.54, 1.807) is 31.0 Å². The molecule has 0 aliphatic rings. The van der Waals surface area contributed by atoms with Crippen LogP contribution in [-0.4, -0.2) is 23.9 Å². The molecule has 0 aliphatic heterocycles. The van der Waals surface area contributed by atoms with E-state index < -0.39 is 6.04 Å². The second-order valence-corrected chi connectivity index (χ2v) is 5.55. The van der Waals surface area contributed by atoms with Crippen molar-refractivity contribution in [3.63, 3.8) is 0 Å². The Balaban J connectivity index is 2.02. The first-order chi connectivity index (χ1) is 10.5. The number of para-hydroxylation sites is 1. The summed E-state index contributed by atoms with van der Waals surface area (Å²) in [6.45, 7) is 2.03. The van der Waals surface area contributed by atoms with Gasteiger partial charge in [0.15, 0.2) is 0 Å². The number of hydrogen-bond donors (Lipinski definition) is 1. The van der Waals surface area contributed by atoms with Gasteiger partial charge in [-0.05, 0) is 38.2 Å². The van der Waals surface area contributed by atoms with Crippen molar-refractivity contribution in [3.8, 4) is 0 Å². The van der Waals surface area contributed by atoms with Gasteiger partial charge in [-0.1, -0.05) is 35.9 Å². The molecule has 0 saturated heterocycles. The van der Waals surface area contributed by atoms with Gasteiger partial charge in [-0.3, -0.25) is 9.69 Å². The molecule has 0 fully saturated rings. The van der Waals surface area contributed by atoms with E-state index in [1.165, 1.54) is 6.07 Å². The summed E-state index contributed by atoms with van der Waals surface area (Å²) in [5.74, 6) is -0.517. The average Bonchev–Trinajstić information content (AvgIpc) is 2.51. The number of nitrogens with one attached hydrogen (secondary N) is 1. The van der Waals surface area contributed by atoms with Crippen LogP contribution in [0.3, 0.4) is 0 Å². The number of benzene rings is 2. The molecule has 0 bridgehead atoms.